The Bertz CT molecular complexity index is 1010. The van der Waals surface area contributed by atoms with Gasteiger partial charge < -0.3 is 0 Å². The molecule has 1 aromatic carbocycles. The molecule has 0 amide bonds. The first-order chi connectivity index (χ1) is 11.2. The number of aromatic nitrogens is 2. The van der Waals surface area contributed by atoms with Crippen LogP contribution in [0.25, 0.3) is 21.6 Å². The van der Waals surface area contributed by atoms with E-state index in [1.165, 1.54) is 24.2 Å². The first-order valence-electron chi connectivity index (χ1n) is 7.37. The Morgan fingerprint density at radius 3 is 2.91 bits per heavy atom. The highest BCUT2D eigenvalue weighted by Crippen LogP contribution is 2.33. The average Bonchev–Trinajstić information content (AvgIpc) is 3.33. The fourth-order valence-corrected chi connectivity index (χ4v) is 4.24. The van der Waals surface area contributed by atoms with Gasteiger partial charge in [-0.15, -0.1) is 0 Å². The second kappa shape index (κ2) is 5.73. The monoisotopic (exact) mass is 433 g/mol. The number of halogens is 1. The quantitative estimate of drug-likeness (QED) is 0.587. The molecule has 6 heteroatoms. The van der Waals surface area contributed by atoms with Crippen molar-refractivity contribution < 1.29 is 0 Å². The third kappa shape index (κ3) is 2.68. The van der Waals surface area contributed by atoms with Crippen molar-refractivity contribution in [1.82, 2.24) is 9.55 Å². The van der Waals surface area contributed by atoms with Gasteiger partial charge in [0.15, 0.2) is 0 Å². The van der Waals surface area contributed by atoms with E-state index in [0.717, 1.165) is 31.7 Å². The fraction of sp³-hybridized carbons (Fsp3) is 0.235. The zero-order valence-electron chi connectivity index (χ0n) is 12.1. The summed E-state index contributed by atoms with van der Waals surface area (Å²) in [5.41, 5.74) is 3.10. The van der Waals surface area contributed by atoms with Gasteiger partial charge in [0.05, 0.1) is 22.8 Å². The Labute approximate surface area is 150 Å². The molecule has 23 heavy (non-hydrogen) atoms. The van der Waals surface area contributed by atoms with E-state index in [1.54, 1.807) is 6.07 Å². The molecule has 114 valence electrons. The molecule has 3 aromatic rings. The van der Waals surface area contributed by atoms with Crippen molar-refractivity contribution in [2.24, 2.45) is 5.92 Å². The van der Waals surface area contributed by atoms with E-state index in [0.29, 0.717) is 11.5 Å². The zero-order chi connectivity index (χ0) is 16.0. The second-order valence-corrected chi connectivity index (χ2v) is 7.82. The lowest BCUT2D eigenvalue weighted by molar-refractivity contribution is 0.636. The number of hydrogen-bond acceptors (Lipinski definition) is 4. The first-order valence-corrected chi connectivity index (χ1v) is 9.26. The van der Waals surface area contributed by atoms with E-state index in [2.05, 4.69) is 28.7 Å². The summed E-state index contributed by atoms with van der Waals surface area (Å²) in [4.78, 5) is 17.8. The number of thiazole rings is 1. The molecular formula is C17H12IN3OS. The Kier molecular flexibility index (Phi) is 3.70. The summed E-state index contributed by atoms with van der Waals surface area (Å²) in [6.45, 7) is 0.796. The summed E-state index contributed by atoms with van der Waals surface area (Å²) < 4.78 is 2.81. The molecule has 2 heterocycles. The molecule has 0 spiro atoms. The molecule has 4 nitrogen and oxygen atoms in total. The highest BCUT2D eigenvalue weighted by Gasteiger charge is 2.24. The van der Waals surface area contributed by atoms with Gasteiger partial charge in [-0.25, -0.2) is 4.98 Å². The van der Waals surface area contributed by atoms with Crippen LogP contribution in [0.15, 0.2) is 35.1 Å². The number of fused-ring (bicyclic) bond motifs is 1. The summed E-state index contributed by atoms with van der Waals surface area (Å²) >= 11 is 3.43. The van der Waals surface area contributed by atoms with Gasteiger partial charge in [0, 0.05) is 15.7 Å². The van der Waals surface area contributed by atoms with Crippen LogP contribution in [0.4, 0.5) is 0 Å². The number of benzene rings is 1. The van der Waals surface area contributed by atoms with Gasteiger partial charge in [-0.3, -0.25) is 9.36 Å². The summed E-state index contributed by atoms with van der Waals surface area (Å²) in [5.74, 6) is 0.641. The van der Waals surface area contributed by atoms with E-state index in [1.807, 2.05) is 28.8 Å². The Morgan fingerprint density at radius 2 is 2.17 bits per heavy atom. The lowest BCUT2D eigenvalue weighted by atomic mass is 10.1. The summed E-state index contributed by atoms with van der Waals surface area (Å²) in [7, 11) is 0. The molecule has 0 bridgehead atoms. The molecule has 4 rings (SSSR count). The lowest BCUT2D eigenvalue weighted by Crippen LogP contribution is -2.13. The molecule has 0 saturated heterocycles. The molecule has 1 aliphatic carbocycles. The third-order valence-electron chi connectivity index (χ3n) is 4.06. The summed E-state index contributed by atoms with van der Waals surface area (Å²) in [6.07, 6.45) is 2.42. The van der Waals surface area contributed by atoms with Crippen molar-refractivity contribution in [2.75, 3.05) is 0 Å². The predicted molar refractivity (Wildman–Crippen MR) is 99.5 cm³/mol. The molecule has 2 aromatic heterocycles. The SMILES string of the molecule is N#Cc1ccccc1-c1nc2sc(=O)n(CC3CC3)c2cc1I. The summed E-state index contributed by atoms with van der Waals surface area (Å²) in [5, 5.41) is 9.31. The smallest absolute Gasteiger partial charge is 0.297 e. The molecule has 0 N–H and O–H groups in total. The van der Waals surface area contributed by atoms with Gasteiger partial charge in [-0.2, -0.15) is 5.26 Å². The van der Waals surface area contributed by atoms with E-state index in [-0.39, 0.29) is 4.87 Å². The molecule has 0 unspecified atom stereocenters. The van der Waals surface area contributed by atoms with Crippen molar-refractivity contribution in [3.05, 3.63) is 49.1 Å². The fourth-order valence-electron chi connectivity index (χ4n) is 2.67. The van der Waals surface area contributed by atoms with E-state index >= 15 is 0 Å². The minimum Gasteiger partial charge on any atom is -0.297 e. The standard InChI is InChI=1S/C17H12IN3OS/c18-13-7-14-16(23-17(22)21(14)9-10-5-6-10)20-15(13)12-4-2-1-3-11(12)8-19/h1-4,7,10H,5-6,9H2. The van der Waals surface area contributed by atoms with Crippen LogP contribution in [0.5, 0.6) is 0 Å². The molecule has 1 aliphatic rings. The van der Waals surface area contributed by atoms with Crippen LogP contribution >= 0.6 is 33.9 Å². The highest BCUT2D eigenvalue weighted by molar-refractivity contribution is 14.1. The number of nitriles is 1. The number of hydrogen-bond donors (Lipinski definition) is 0. The maximum absolute atomic E-state index is 12.3. The largest absolute Gasteiger partial charge is 0.309 e. The lowest BCUT2D eigenvalue weighted by Gasteiger charge is -2.07. The Balaban J connectivity index is 1.91. The first kappa shape index (κ1) is 14.8. The topological polar surface area (TPSA) is 58.7 Å². The zero-order valence-corrected chi connectivity index (χ0v) is 15.1. The normalized spacial score (nSPS) is 14.1. The molecule has 0 radical (unpaired) electrons. The highest BCUT2D eigenvalue weighted by atomic mass is 127. The maximum atomic E-state index is 12.3. The van der Waals surface area contributed by atoms with Crippen molar-refractivity contribution in [1.29, 1.82) is 5.26 Å². The number of rotatable bonds is 3. The van der Waals surface area contributed by atoms with Crippen LogP contribution in [0.2, 0.25) is 0 Å². The Hall–Kier alpha value is -1.72. The minimum atomic E-state index is 0.0564. The van der Waals surface area contributed by atoms with Gasteiger partial charge in [-0.05, 0) is 53.5 Å². The molecular weight excluding hydrogens is 421 g/mol. The van der Waals surface area contributed by atoms with E-state index in [9.17, 15) is 10.1 Å². The number of pyridine rings is 1. The average molecular weight is 433 g/mol. The van der Waals surface area contributed by atoms with Crippen molar-refractivity contribution >= 4 is 44.3 Å². The van der Waals surface area contributed by atoms with Crippen molar-refractivity contribution in [2.45, 2.75) is 19.4 Å². The van der Waals surface area contributed by atoms with Gasteiger partial charge in [-0.1, -0.05) is 29.5 Å². The molecule has 0 aliphatic heterocycles. The van der Waals surface area contributed by atoms with Crippen LogP contribution in [0, 0.1) is 20.8 Å². The van der Waals surface area contributed by atoms with E-state index in [4.69, 9.17) is 4.98 Å². The van der Waals surface area contributed by atoms with Crippen LogP contribution in [-0.4, -0.2) is 9.55 Å². The van der Waals surface area contributed by atoms with Crippen LogP contribution in [0.3, 0.4) is 0 Å². The summed E-state index contributed by atoms with van der Waals surface area (Å²) in [6, 6.07) is 11.7. The van der Waals surface area contributed by atoms with Crippen LogP contribution in [-0.2, 0) is 6.54 Å². The second-order valence-electron chi connectivity index (χ2n) is 5.72. The van der Waals surface area contributed by atoms with Crippen LogP contribution < -0.4 is 4.87 Å². The van der Waals surface area contributed by atoms with E-state index < -0.39 is 0 Å². The van der Waals surface area contributed by atoms with Crippen molar-refractivity contribution in [3.8, 4) is 17.3 Å². The Morgan fingerprint density at radius 1 is 1.39 bits per heavy atom. The third-order valence-corrected chi connectivity index (χ3v) is 5.77. The van der Waals surface area contributed by atoms with Gasteiger partial charge >= 0.3 is 4.87 Å². The maximum Gasteiger partial charge on any atom is 0.309 e. The van der Waals surface area contributed by atoms with Crippen LogP contribution in [0.1, 0.15) is 18.4 Å². The minimum absolute atomic E-state index is 0.0564. The molecule has 1 fully saturated rings. The van der Waals surface area contributed by atoms with Gasteiger partial charge in [0.1, 0.15) is 4.83 Å². The number of nitrogens with zero attached hydrogens (tertiary/aromatic N) is 3. The predicted octanol–water partition coefficient (Wildman–Crippen LogP) is 4.01. The van der Waals surface area contributed by atoms with Gasteiger partial charge in [0.25, 0.3) is 0 Å². The van der Waals surface area contributed by atoms with Gasteiger partial charge in [0.2, 0.25) is 0 Å². The molecule has 1 saturated carbocycles. The van der Waals surface area contributed by atoms with Crippen molar-refractivity contribution in [3.63, 3.8) is 0 Å². The molecule has 0 atom stereocenters.